The van der Waals surface area contributed by atoms with Crippen molar-refractivity contribution in [3.8, 4) is 11.8 Å². The maximum Gasteiger partial charge on any atom is 0.307 e. The Balaban J connectivity index is 1.87. The summed E-state index contributed by atoms with van der Waals surface area (Å²) in [5.41, 5.74) is -0.893. The second-order valence-electron chi connectivity index (χ2n) is 5.99. The molecule has 122 valence electrons. The standard InChI is InChI=1S/C19H17FN2O2/c20-19(10-8-17-21-11-4-12-22-17)9-7-15(18(23)24)16(13-19)14-5-2-1-3-6-14/h1-6,11-12,15-16H,7,9,13H2,(H,23,24)/t15-,16+,19?/m1/s1. The summed E-state index contributed by atoms with van der Waals surface area (Å²) in [7, 11) is 0. The van der Waals surface area contributed by atoms with E-state index in [0.717, 1.165) is 5.56 Å². The molecule has 1 saturated carbocycles. The highest BCUT2D eigenvalue weighted by Crippen LogP contribution is 2.44. The number of benzene rings is 1. The summed E-state index contributed by atoms with van der Waals surface area (Å²) in [6.07, 6.45) is 3.53. The monoisotopic (exact) mass is 324 g/mol. The summed E-state index contributed by atoms with van der Waals surface area (Å²) >= 11 is 0. The Kier molecular flexibility index (Phi) is 4.57. The van der Waals surface area contributed by atoms with Gasteiger partial charge in [0.25, 0.3) is 0 Å². The maximum atomic E-state index is 15.2. The second kappa shape index (κ2) is 6.79. The maximum absolute atomic E-state index is 15.2. The smallest absolute Gasteiger partial charge is 0.307 e. The van der Waals surface area contributed by atoms with Gasteiger partial charge in [0.05, 0.1) is 5.92 Å². The molecule has 0 radical (unpaired) electrons. The summed E-state index contributed by atoms with van der Waals surface area (Å²) in [6.45, 7) is 0. The van der Waals surface area contributed by atoms with Crippen LogP contribution in [0.15, 0.2) is 48.8 Å². The fourth-order valence-electron chi connectivity index (χ4n) is 3.17. The van der Waals surface area contributed by atoms with Crippen molar-refractivity contribution in [2.45, 2.75) is 30.8 Å². The van der Waals surface area contributed by atoms with Gasteiger partial charge in [0, 0.05) is 24.7 Å². The fourth-order valence-corrected chi connectivity index (χ4v) is 3.17. The normalized spacial score (nSPS) is 26.2. The molecule has 1 fully saturated rings. The van der Waals surface area contributed by atoms with Gasteiger partial charge in [-0.15, -0.1) is 0 Å². The molecule has 2 aromatic rings. The molecule has 1 unspecified atom stereocenters. The second-order valence-corrected chi connectivity index (χ2v) is 5.99. The Bertz CT molecular complexity index is 770. The summed E-state index contributed by atoms with van der Waals surface area (Å²) in [5, 5.41) is 9.47. The first-order valence-corrected chi connectivity index (χ1v) is 7.84. The number of hydrogen-bond donors (Lipinski definition) is 1. The van der Waals surface area contributed by atoms with Gasteiger partial charge >= 0.3 is 5.97 Å². The van der Waals surface area contributed by atoms with Crippen LogP contribution in [0.2, 0.25) is 0 Å². The molecular weight excluding hydrogens is 307 g/mol. The minimum absolute atomic E-state index is 0.0633. The number of alkyl halides is 1. The Hall–Kier alpha value is -2.74. The third-order valence-corrected chi connectivity index (χ3v) is 4.39. The molecular formula is C19H17FN2O2. The van der Waals surface area contributed by atoms with E-state index in [-0.39, 0.29) is 25.1 Å². The number of carboxylic acid groups (broad SMARTS) is 1. The highest BCUT2D eigenvalue weighted by molar-refractivity contribution is 5.71. The SMILES string of the molecule is O=C(O)[C@@H]1CCC(F)(C#Cc2ncccn2)C[C@H]1c1ccccc1. The van der Waals surface area contributed by atoms with Crippen molar-refractivity contribution in [1.29, 1.82) is 0 Å². The third-order valence-electron chi connectivity index (χ3n) is 4.39. The van der Waals surface area contributed by atoms with E-state index in [4.69, 9.17) is 0 Å². The van der Waals surface area contributed by atoms with Crippen LogP contribution in [0.1, 0.15) is 36.6 Å². The number of aromatic nitrogens is 2. The molecule has 5 heteroatoms. The van der Waals surface area contributed by atoms with Crippen molar-refractivity contribution < 1.29 is 14.3 Å². The van der Waals surface area contributed by atoms with Gasteiger partial charge in [-0.3, -0.25) is 4.79 Å². The topological polar surface area (TPSA) is 63.1 Å². The summed E-state index contributed by atoms with van der Waals surface area (Å²) in [5.74, 6) is 3.71. The number of halogens is 1. The molecule has 0 aliphatic heterocycles. The number of hydrogen-bond acceptors (Lipinski definition) is 3. The highest BCUT2D eigenvalue weighted by atomic mass is 19.1. The largest absolute Gasteiger partial charge is 0.481 e. The molecule has 0 amide bonds. The van der Waals surface area contributed by atoms with E-state index in [1.54, 1.807) is 18.5 Å². The van der Waals surface area contributed by atoms with E-state index in [0.29, 0.717) is 0 Å². The number of aliphatic carboxylic acids is 1. The Labute approximate surface area is 139 Å². The molecule has 0 saturated heterocycles. The van der Waals surface area contributed by atoms with E-state index in [1.165, 1.54) is 0 Å². The van der Waals surface area contributed by atoms with Crippen molar-refractivity contribution in [1.82, 2.24) is 9.97 Å². The molecule has 1 aromatic carbocycles. The van der Waals surface area contributed by atoms with Crippen molar-refractivity contribution in [3.05, 3.63) is 60.2 Å². The number of carboxylic acids is 1. The molecule has 24 heavy (non-hydrogen) atoms. The number of rotatable bonds is 2. The quantitative estimate of drug-likeness (QED) is 0.862. The number of carbonyl (C=O) groups is 1. The van der Waals surface area contributed by atoms with Gasteiger partial charge in [0.2, 0.25) is 5.82 Å². The molecule has 1 aliphatic rings. The van der Waals surface area contributed by atoms with E-state index in [2.05, 4.69) is 21.8 Å². The van der Waals surface area contributed by atoms with E-state index < -0.39 is 23.5 Å². The lowest BCUT2D eigenvalue weighted by Crippen LogP contribution is -2.37. The Morgan fingerprint density at radius 2 is 1.92 bits per heavy atom. The molecule has 3 rings (SSSR count). The lowest BCUT2D eigenvalue weighted by molar-refractivity contribution is -0.144. The molecule has 1 aromatic heterocycles. The molecule has 0 spiro atoms. The van der Waals surface area contributed by atoms with Crippen molar-refractivity contribution in [2.75, 3.05) is 0 Å². The van der Waals surface area contributed by atoms with Gasteiger partial charge in [0.15, 0.2) is 5.67 Å². The molecule has 0 bridgehead atoms. The van der Waals surface area contributed by atoms with Gasteiger partial charge in [-0.05, 0) is 30.4 Å². The lowest BCUT2D eigenvalue weighted by atomic mass is 9.70. The highest BCUT2D eigenvalue weighted by Gasteiger charge is 2.43. The Morgan fingerprint density at radius 1 is 1.21 bits per heavy atom. The zero-order chi connectivity index (χ0) is 17.0. The number of nitrogens with zero attached hydrogens (tertiary/aromatic N) is 2. The fraction of sp³-hybridized carbons (Fsp3) is 0.316. The van der Waals surface area contributed by atoms with Crippen LogP contribution in [-0.2, 0) is 4.79 Å². The van der Waals surface area contributed by atoms with Gasteiger partial charge in [0.1, 0.15) is 0 Å². The summed E-state index contributed by atoms with van der Waals surface area (Å²) in [6, 6.07) is 10.9. The van der Waals surface area contributed by atoms with Crippen LogP contribution in [-0.4, -0.2) is 26.7 Å². The van der Waals surface area contributed by atoms with Crippen LogP contribution in [0.4, 0.5) is 4.39 Å². The van der Waals surface area contributed by atoms with Gasteiger partial charge in [-0.25, -0.2) is 14.4 Å². The molecule has 4 nitrogen and oxygen atoms in total. The third kappa shape index (κ3) is 3.60. The Morgan fingerprint density at radius 3 is 2.58 bits per heavy atom. The predicted molar refractivity (Wildman–Crippen MR) is 86.9 cm³/mol. The molecule has 1 aliphatic carbocycles. The zero-order valence-electron chi connectivity index (χ0n) is 13.0. The van der Waals surface area contributed by atoms with E-state index in [1.807, 2.05) is 30.3 Å². The van der Waals surface area contributed by atoms with Crippen LogP contribution in [0.5, 0.6) is 0 Å². The van der Waals surface area contributed by atoms with Crippen LogP contribution >= 0.6 is 0 Å². The van der Waals surface area contributed by atoms with Crippen LogP contribution in [0, 0.1) is 17.8 Å². The van der Waals surface area contributed by atoms with Gasteiger partial charge in [-0.1, -0.05) is 36.3 Å². The first-order valence-electron chi connectivity index (χ1n) is 7.84. The zero-order valence-corrected chi connectivity index (χ0v) is 13.0. The van der Waals surface area contributed by atoms with Crippen molar-refractivity contribution >= 4 is 5.97 Å². The molecule has 1 heterocycles. The average Bonchev–Trinajstić information content (AvgIpc) is 2.61. The van der Waals surface area contributed by atoms with Gasteiger partial charge in [-0.2, -0.15) is 0 Å². The van der Waals surface area contributed by atoms with Crippen molar-refractivity contribution in [2.24, 2.45) is 5.92 Å². The van der Waals surface area contributed by atoms with Gasteiger partial charge < -0.3 is 5.11 Å². The van der Waals surface area contributed by atoms with Crippen LogP contribution in [0.25, 0.3) is 0 Å². The lowest BCUT2D eigenvalue weighted by Gasteiger charge is -2.35. The van der Waals surface area contributed by atoms with E-state index >= 15 is 4.39 Å². The molecule has 1 N–H and O–H groups in total. The van der Waals surface area contributed by atoms with Crippen molar-refractivity contribution in [3.63, 3.8) is 0 Å². The van der Waals surface area contributed by atoms with Crippen LogP contribution < -0.4 is 0 Å². The minimum Gasteiger partial charge on any atom is -0.481 e. The predicted octanol–water partition coefficient (Wildman–Crippen LogP) is 3.20. The van der Waals surface area contributed by atoms with E-state index in [9.17, 15) is 9.90 Å². The first kappa shape index (κ1) is 16.1. The van der Waals surface area contributed by atoms with Crippen LogP contribution in [0.3, 0.4) is 0 Å². The molecule has 3 atom stereocenters. The average molecular weight is 324 g/mol. The summed E-state index contributed by atoms with van der Waals surface area (Å²) < 4.78 is 15.2. The minimum atomic E-state index is -1.73. The first-order chi connectivity index (χ1) is 11.6. The summed E-state index contributed by atoms with van der Waals surface area (Å²) in [4.78, 5) is 19.5.